The molecule has 0 aromatic heterocycles. The zero-order valence-electron chi connectivity index (χ0n) is 7.74. The molecule has 0 aromatic rings. The van der Waals surface area contributed by atoms with E-state index >= 15 is 0 Å². The van der Waals surface area contributed by atoms with E-state index in [1.807, 2.05) is 0 Å². The third-order valence-corrected chi connectivity index (χ3v) is 2.15. The van der Waals surface area contributed by atoms with E-state index in [4.69, 9.17) is 0 Å². The maximum Gasteiger partial charge on any atom is 0.207 e. The highest BCUT2D eigenvalue weighted by atomic mass is 16.6. The van der Waals surface area contributed by atoms with E-state index in [0.29, 0.717) is 6.42 Å². The molecule has 0 aliphatic heterocycles. The average molecular weight is 173 g/mol. The second-order valence-corrected chi connectivity index (χ2v) is 3.10. The van der Waals surface area contributed by atoms with Gasteiger partial charge in [0, 0.05) is 23.2 Å². The number of Topliss-reactive ketones (excluding diaryl/α,β-unsaturated/α-hetero) is 1. The van der Waals surface area contributed by atoms with E-state index in [-0.39, 0.29) is 29.1 Å². The number of ketones is 1. The molecule has 0 heterocycles. The number of hydrogen-bond donors (Lipinski definition) is 0. The number of carbonyl (C=O) groups is 1. The Hall–Kier alpha value is -0.930. The van der Waals surface area contributed by atoms with Gasteiger partial charge in [-0.25, -0.2) is 0 Å². The van der Waals surface area contributed by atoms with Crippen molar-refractivity contribution in [2.45, 2.75) is 27.2 Å². The molecular weight excluding hydrogens is 158 g/mol. The van der Waals surface area contributed by atoms with E-state index in [2.05, 4.69) is 0 Å². The topological polar surface area (TPSA) is 60.2 Å². The second kappa shape index (κ2) is 4.85. The van der Waals surface area contributed by atoms with Crippen molar-refractivity contribution in [2.24, 2.45) is 11.8 Å². The van der Waals surface area contributed by atoms with Crippen LogP contribution in [0.3, 0.4) is 0 Å². The minimum Gasteiger partial charge on any atom is -0.299 e. The second-order valence-electron chi connectivity index (χ2n) is 3.10. The van der Waals surface area contributed by atoms with Crippen molar-refractivity contribution in [3.05, 3.63) is 10.1 Å². The monoisotopic (exact) mass is 173 g/mol. The van der Waals surface area contributed by atoms with Gasteiger partial charge in [0.1, 0.15) is 5.78 Å². The van der Waals surface area contributed by atoms with Crippen LogP contribution >= 0.6 is 0 Å². The van der Waals surface area contributed by atoms with Crippen molar-refractivity contribution in [1.82, 2.24) is 0 Å². The van der Waals surface area contributed by atoms with Crippen LogP contribution in [0.25, 0.3) is 0 Å². The molecule has 0 saturated heterocycles. The standard InChI is InChI=1S/C8H15NO3/c1-4-8(10)7(3)6(2)5-9(11)12/h6-7H,4-5H2,1-3H3. The lowest BCUT2D eigenvalue weighted by molar-refractivity contribution is -0.488. The van der Waals surface area contributed by atoms with Crippen molar-refractivity contribution < 1.29 is 9.72 Å². The molecule has 0 radical (unpaired) electrons. The van der Waals surface area contributed by atoms with Crippen molar-refractivity contribution in [3.8, 4) is 0 Å². The molecule has 0 aliphatic carbocycles. The Bertz CT molecular complexity index is 179. The molecule has 0 spiro atoms. The van der Waals surface area contributed by atoms with Crippen molar-refractivity contribution >= 4 is 5.78 Å². The largest absolute Gasteiger partial charge is 0.299 e. The molecule has 12 heavy (non-hydrogen) atoms. The van der Waals surface area contributed by atoms with Crippen LogP contribution in [0.2, 0.25) is 0 Å². The summed E-state index contributed by atoms with van der Waals surface area (Å²) in [5.74, 6) is -0.253. The number of nitrogens with zero attached hydrogens (tertiary/aromatic N) is 1. The summed E-state index contributed by atoms with van der Waals surface area (Å²) in [6.45, 7) is 5.14. The van der Waals surface area contributed by atoms with Crippen molar-refractivity contribution in [3.63, 3.8) is 0 Å². The molecule has 4 nitrogen and oxygen atoms in total. The molecule has 0 N–H and O–H groups in total. The third-order valence-electron chi connectivity index (χ3n) is 2.15. The first-order chi connectivity index (χ1) is 5.49. The molecule has 0 aliphatic rings. The van der Waals surface area contributed by atoms with Crippen LogP contribution in [-0.2, 0) is 4.79 Å². The van der Waals surface area contributed by atoms with E-state index in [9.17, 15) is 14.9 Å². The molecular formula is C8H15NO3. The SMILES string of the molecule is CCC(=O)C(C)C(C)C[N+](=O)[O-]. The summed E-state index contributed by atoms with van der Waals surface area (Å²) in [5.41, 5.74) is 0. The summed E-state index contributed by atoms with van der Waals surface area (Å²) >= 11 is 0. The predicted octanol–water partition coefficient (Wildman–Crippen LogP) is 1.51. The van der Waals surface area contributed by atoms with Gasteiger partial charge in [0.05, 0.1) is 0 Å². The minimum atomic E-state index is -0.371. The van der Waals surface area contributed by atoms with Gasteiger partial charge in [-0.1, -0.05) is 20.8 Å². The Balaban J connectivity index is 4.00. The third kappa shape index (κ3) is 3.46. The molecule has 0 rings (SSSR count). The summed E-state index contributed by atoms with van der Waals surface area (Å²) in [6, 6.07) is 0. The number of hydrogen-bond acceptors (Lipinski definition) is 3. The van der Waals surface area contributed by atoms with Crippen LogP contribution in [0.15, 0.2) is 0 Å². The highest BCUT2D eigenvalue weighted by molar-refractivity contribution is 5.80. The maximum atomic E-state index is 11.1. The van der Waals surface area contributed by atoms with Crippen LogP contribution in [0.1, 0.15) is 27.2 Å². The summed E-state index contributed by atoms with van der Waals surface area (Å²) in [6.07, 6.45) is 0.462. The maximum absolute atomic E-state index is 11.1. The molecule has 0 fully saturated rings. The van der Waals surface area contributed by atoms with Crippen LogP contribution < -0.4 is 0 Å². The van der Waals surface area contributed by atoms with E-state index in [1.165, 1.54) is 0 Å². The smallest absolute Gasteiger partial charge is 0.207 e. The fraction of sp³-hybridized carbons (Fsp3) is 0.875. The predicted molar refractivity (Wildman–Crippen MR) is 45.5 cm³/mol. The molecule has 70 valence electrons. The van der Waals surface area contributed by atoms with Crippen LogP contribution in [-0.4, -0.2) is 17.3 Å². The minimum absolute atomic E-state index is 0.101. The first-order valence-electron chi connectivity index (χ1n) is 4.13. The molecule has 0 aromatic carbocycles. The highest BCUT2D eigenvalue weighted by Crippen LogP contribution is 2.13. The lowest BCUT2D eigenvalue weighted by Crippen LogP contribution is -2.24. The lowest BCUT2D eigenvalue weighted by Gasteiger charge is -2.13. The summed E-state index contributed by atoms with van der Waals surface area (Å²) < 4.78 is 0. The van der Waals surface area contributed by atoms with Gasteiger partial charge >= 0.3 is 0 Å². The number of nitro groups is 1. The first-order valence-corrected chi connectivity index (χ1v) is 4.13. The van der Waals surface area contributed by atoms with E-state index in [0.717, 1.165) is 0 Å². The van der Waals surface area contributed by atoms with Gasteiger partial charge in [0.25, 0.3) is 0 Å². The van der Waals surface area contributed by atoms with Gasteiger partial charge in [-0.15, -0.1) is 0 Å². The Morgan fingerprint density at radius 3 is 2.33 bits per heavy atom. The Kier molecular flexibility index (Phi) is 4.47. The van der Waals surface area contributed by atoms with E-state index in [1.54, 1.807) is 20.8 Å². The molecule has 0 saturated carbocycles. The zero-order valence-corrected chi connectivity index (χ0v) is 7.74. The van der Waals surface area contributed by atoms with Crippen LogP contribution in [0.4, 0.5) is 0 Å². The van der Waals surface area contributed by atoms with Gasteiger partial charge < -0.3 is 0 Å². The van der Waals surface area contributed by atoms with Gasteiger partial charge in [0.15, 0.2) is 0 Å². The van der Waals surface area contributed by atoms with Crippen molar-refractivity contribution in [1.29, 1.82) is 0 Å². The molecule has 0 bridgehead atoms. The number of carbonyl (C=O) groups excluding carboxylic acids is 1. The fourth-order valence-corrected chi connectivity index (χ4v) is 1.03. The van der Waals surface area contributed by atoms with Crippen molar-refractivity contribution in [2.75, 3.05) is 6.54 Å². The first kappa shape index (κ1) is 11.1. The number of rotatable bonds is 5. The van der Waals surface area contributed by atoms with Gasteiger partial charge in [-0.2, -0.15) is 0 Å². The molecule has 4 heteroatoms. The fourth-order valence-electron chi connectivity index (χ4n) is 1.03. The van der Waals surface area contributed by atoms with E-state index < -0.39 is 0 Å². The zero-order chi connectivity index (χ0) is 9.72. The lowest BCUT2D eigenvalue weighted by atomic mass is 9.91. The van der Waals surface area contributed by atoms with Crippen LogP contribution in [0.5, 0.6) is 0 Å². The highest BCUT2D eigenvalue weighted by Gasteiger charge is 2.22. The Labute approximate surface area is 72.1 Å². The summed E-state index contributed by atoms with van der Waals surface area (Å²) in [5, 5.41) is 10.1. The van der Waals surface area contributed by atoms with Gasteiger partial charge in [-0.05, 0) is 0 Å². The quantitative estimate of drug-likeness (QED) is 0.467. The normalized spacial score (nSPS) is 15.2. The molecule has 2 atom stereocenters. The Morgan fingerprint density at radius 1 is 1.50 bits per heavy atom. The van der Waals surface area contributed by atoms with Gasteiger partial charge in [0.2, 0.25) is 6.54 Å². The summed E-state index contributed by atoms with van der Waals surface area (Å²) in [4.78, 5) is 20.9. The molecule has 2 unspecified atom stereocenters. The van der Waals surface area contributed by atoms with Crippen LogP contribution in [0, 0.1) is 22.0 Å². The Morgan fingerprint density at radius 2 is 2.00 bits per heavy atom. The average Bonchev–Trinajstić information content (AvgIpc) is 2.00. The molecule has 0 amide bonds. The van der Waals surface area contributed by atoms with Gasteiger partial charge in [-0.3, -0.25) is 14.9 Å². The summed E-state index contributed by atoms with van der Waals surface area (Å²) in [7, 11) is 0.